The van der Waals surface area contributed by atoms with E-state index in [9.17, 15) is 4.79 Å². The molecular formula is C17H18Cl2N2O2. The molecule has 23 heavy (non-hydrogen) atoms. The van der Waals surface area contributed by atoms with E-state index in [1.165, 1.54) is 0 Å². The monoisotopic (exact) mass is 352 g/mol. The van der Waals surface area contributed by atoms with Gasteiger partial charge < -0.3 is 15.4 Å². The fraction of sp³-hybridized carbons (Fsp3) is 0.235. The Balaban J connectivity index is 1.94. The van der Waals surface area contributed by atoms with Crippen LogP contribution in [0.25, 0.3) is 0 Å². The van der Waals surface area contributed by atoms with E-state index in [4.69, 9.17) is 27.9 Å². The first-order chi connectivity index (χ1) is 11.0. The lowest BCUT2D eigenvalue weighted by Gasteiger charge is -2.17. The molecule has 2 aromatic carbocycles. The molecule has 2 aromatic rings. The first kappa shape index (κ1) is 17.4. The molecule has 1 unspecified atom stereocenters. The third kappa shape index (κ3) is 4.78. The fourth-order valence-electron chi connectivity index (χ4n) is 2.20. The quantitative estimate of drug-likeness (QED) is 0.828. The van der Waals surface area contributed by atoms with E-state index in [0.717, 1.165) is 16.9 Å². The fourth-order valence-corrected chi connectivity index (χ4v) is 2.77. The highest BCUT2D eigenvalue weighted by Gasteiger charge is 2.13. The van der Waals surface area contributed by atoms with Crippen LogP contribution in [-0.4, -0.2) is 13.1 Å². The zero-order valence-electron chi connectivity index (χ0n) is 12.9. The van der Waals surface area contributed by atoms with Crippen molar-refractivity contribution in [2.24, 2.45) is 0 Å². The van der Waals surface area contributed by atoms with E-state index in [0.29, 0.717) is 16.6 Å². The van der Waals surface area contributed by atoms with Crippen LogP contribution in [0.1, 0.15) is 24.1 Å². The first-order valence-corrected chi connectivity index (χ1v) is 7.88. The summed E-state index contributed by atoms with van der Waals surface area (Å²) < 4.78 is 5.25. The van der Waals surface area contributed by atoms with Gasteiger partial charge >= 0.3 is 6.03 Å². The summed E-state index contributed by atoms with van der Waals surface area (Å²) in [6.07, 6.45) is 0. The molecular weight excluding hydrogens is 335 g/mol. The Kier molecular flexibility index (Phi) is 6.13. The number of rotatable bonds is 5. The molecule has 0 aliphatic rings. The van der Waals surface area contributed by atoms with Crippen molar-refractivity contribution in [2.75, 3.05) is 7.11 Å². The minimum Gasteiger partial charge on any atom is -0.496 e. The largest absolute Gasteiger partial charge is 0.496 e. The van der Waals surface area contributed by atoms with Crippen molar-refractivity contribution >= 4 is 29.2 Å². The lowest BCUT2D eigenvalue weighted by molar-refractivity contribution is 0.237. The van der Waals surface area contributed by atoms with Gasteiger partial charge in [0.2, 0.25) is 0 Å². The molecule has 0 aromatic heterocycles. The molecule has 0 aliphatic heterocycles. The van der Waals surface area contributed by atoms with Crippen molar-refractivity contribution in [1.29, 1.82) is 0 Å². The normalized spacial score (nSPS) is 11.7. The maximum absolute atomic E-state index is 12.0. The average molecular weight is 353 g/mol. The van der Waals surface area contributed by atoms with Crippen LogP contribution >= 0.6 is 23.2 Å². The molecule has 122 valence electrons. The van der Waals surface area contributed by atoms with E-state index in [1.54, 1.807) is 25.3 Å². The van der Waals surface area contributed by atoms with Gasteiger partial charge in [0, 0.05) is 22.2 Å². The number of carbonyl (C=O) groups is 1. The maximum Gasteiger partial charge on any atom is 0.315 e. The Morgan fingerprint density at radius 2 is 1.96 bits per heavy atom. The van der Waals surface area contributed by atoms with Crippen molar-refractivity contribution in [1.82, 2.24) is 10.6 Å². The third-order valence-corrected chi connectivity index (χ3v) is 3.97. The summed E-state index contributed by atoms with van der Waals surface area (Å²) >= 11 is 12.0. The number of amides is 2. The number of ether oxygens (including phenoxy) is 1. The number of hydrogen-bond acceptors (Lipinski definition) is 2. The van der Waals surface area contributed by atoms with Gasteiger partial charge in [0.15, 0.2) is 0 Å². The van der Waals surface area contributed by atoms with E-state index < -0.39 is 0 Å². The van der Waals surface area contributed by atoms with Crippen LogP contribution in [0.3, 0.4) is 0 Å². The summed E-state index contributed by atoms with van der Waals surface area (Å²) in [5.41, 5.74) is 1.71. The van der Waals surface area contributed by atoms with Gasteiger partial charge in [-0.25, -0.2) is 4.79 Å². The van der Waals surface area contributed by atoms with Crippen LogP contribution in [0, 0.1) is 0 Å². The molecule has 0 saturated heterocycles. The SMILES string of the molecule is COc1ccccc1CNC(=O)NC(C)c1ccc(Cl)cc1Cl. The van der Waals surface area contributed by atoms with Crippen LogP contribution < -0.4 is 15.4 Å². The zero-order valence-corrected chi connectivity index (χ0v) is 14.4. The Labute approximate surface area is 145 Å². The van der Waals surface area contributed by atoms with Crippen molar-refractivity contribution in [2.45, 2.75) is 19.5 Å². The zero-order chi connectivity index (χ0) is 16.8. The molecule has 0 radical (unpaired) electrons. The summed E-state index contributed by atoms with van der Waals surface area (Å²) in [5, 5.41) is 6.74. The predicted molar refractivity (Wildman–Crippen MR) is 93.2 cm³/mol. The Morgan fingerprint density at radius 3 is 2.65 bits per heavy atom. The molecule has 0 aliphatic carbocycles. The minimum atomic E-state index is -0.283. The average Bonchev–Trinajstić information content (AvgIpc) is 2.53. The van der Waals surface area contributed by atoms with Crippen molar-refractivity contribution in [3.05, 3.63) is 63.6 Å². The number of para-hydroxylation sites is 1. The summed E-state index contributed by atoms with van der Waals surface area (Å²) in [4.78, 5) is 12.0. The van der Waals surface area contributed by atoms with Crippen LogP contribution in [0.4, 0.5) is 4.79 Å². The summed E-state index contributed by atoms with van der Waals surface area (Å²) in [6, 6.07) is 12.2. The van der Waals surface area contributed by atoms with Crippen LogP contribution in [0.2, 0.25) is 10.0 Å². The molecule has 6 heteroatoms. The molecule has 0 spiro atoms. The topological polar surface area (TPSA) is 50.4 Å². The second-order valence-electron chi connectivity index (χ2n) is 5.03. The van der Waals surface area contributed by atoms with Crippen molar-refractivity contribution in [3.8, 4) is 5.75 Å². The number of urea groups is 1. The summed E-state index contributed by atoms with van der Waals surface area (Å²) in [7, 11) is 1.60. The maximum atomic E-state index is 12.0. The molecule has 0 bridgehead atoms. The number of hydrogen-bond donors (Lipinski definition) is 2. The highest BCUT2D eigenvalue weighted by molar-refractivity contribution is 6.35. The van der Waals surface area contributed by atoms with Crippen molar-refractivity contribution < 1.29 is 9.53 Å². The highest BCUT2D eigenvalue weighted by Crippen LogP contribution is 2.26. The molecule has 2 N–H and O–H groups in total. The van der Waals surface area contributed by atoms with Gasteiger partial charge in [-0.1, -0.05) is 47.5 Å². The third-order valence-electron chi connectivity index (χ3n) is 3.41. The molecule has 0 fully saturated rings. The molecule has 0 saturated carbocycles. The number of benzene rings is 2. The van der Waals surface area contributed by atoms with E-state index in [1.807, 2.05) is 31.2 Å². The van der Waals surface area contributed by atoms with E-state index >= 15 is 0 Å². The Bertz CT molecular complexity index is 692. The van der Waals surface area contributed by atoms with Gasteiger partial charge in [0.25, 0.3) is 0 Å². The number of halogens is 2. The lowest BCUT2D eigenvalue weighted by atomic mass is 10.1. The summed E-state index contributed by atoms with van der Waals surface area (Å²) in [5.74, 6) is 0.738. The number of methoxy groups -OCH3 is 1. The number of carbonyl (C=O) groups excluding carboxylic acids is 1. The van der Waals surface area contributed by atoms with Crippen LogP contribution in [0.5, 0.6) is 5.75 Å². The van der Waals surface area contributed by atoms with E-state index in [2.05, 4.69) is 10.6 Å². The van der Waals surface area contributed by atoms with Gasteiger partial charge in [0.1, 0.15) is 5.75 Å². The van der Waals surface area contributed by atoms with Gasteiger partial charge in [-0.15, -0.1) is 0 Å². The molecule has 2 amide bonds. The van der Waals surface area contributed by atoms with Gasteiger partial charge in [0.05, 0.1) is 13.2 Å². The van der Waals surface area contributed by atoms with Crippen LogP contribution in [0.15, 0.2) is 42.5 Å². The molecule has 2 rings (SSSR count). The second-order valence-corrected chi connectivity index (χ2v) is 5.87. The molecule has 4 nitrogen and oxygen atoms in total. The lowest BCUT2D eigenvalue weighted by Crippen LogP contribution is -2.36. The smallest absolute Gasteiger partial charge is 0.315 e. The van der Waals surface area contributed by atoms with Gasteiger partial charge in [-0.05, 0) is 30.7 Å². The van der Waals surface area contributed by atoms with E-state index in [-0.39, 0.29) is 12.1 Å². The minimum absolute atomic E-state index is 0.238. The van der Waals surface area contributed by atoms with Crippen molar-refractivity contribution in [3.63, 3.8) is 0 Å². The van der Waals surface area contributed by atoms with Gasteiger partial charge in [-0.2, -0.15) is 0 Å². The first-order valence-electron chi connectivity index (χ1n) is 7.12. The van der Waals surface area contributed by atoms with Gasteiger partial charge in [-0.3, -0.25) is 0 Å². The predicted octanol–water partition coefficient (Wildman–Crippen LogP) is 4.56. The Morgan fingerprint density at radius 1 is 1.22 bits per heavy atom. The summed E-state index contributed by atoms with van der Waals surface area (Å²) in [6.45, 7) is 2.23. The standard InChI is InChI=1S/C17H18Cl2N2O2/c1-11(14-8-7-13(18)9-15(14)19)21-17(22)20-10-12-5-3-4-6-16(12)23-2/h3-9,11H,10H2,1-2H3,(H2,20,21,22). The number of nitrogens with one attached hydrogen (secondary N) is 2. The van der Waals surface area contributed by atoms with Crippen LogP contribution in [-0.2, 0) is 6.54 Å². The molecule has 0 heterocycles. The second kappa shape index (κ2) is 8.09. The Hall–Kier alpha value is -1.91. The molecule has 1 atom stereocenters. The highest BCUT2D eigenvalue weighted by atomic mass is 35.5.